The van der Waals surface area contributed by atoms with Gasteiger partial charge in [0.15, 0.2) is 0 Å². The van der Waals surface area contributed by atoms with Crippen molar-refractivity contribution < 1.29 is 9.18 Å². The third kappa shape index (κ3) is 2.91. The van der Waals surface area contributed by atoms with Crippen molar-refractivity contribution in [3.8, 4) is 0 Å². The maximum Gasteiger partial charge on any atom is 0.258 e. The van der Waals surface area contributed by atoms with Gasteiger partial charge in [0.2, 0.25) is 0 Å². The first-order valence-electron chi connectivity index (χ1n) is 6.73. The standard InChI is InChI=1S/C16H14ClFN2O/c17-11-4-5-12(14(18)8-11)16(21)20-15-3-1-2-10-6-7-19-9-13(10)15/h1-5,8,19H,6-7,9H2,(H,20,21). The Bertz CT molecular complexity index is 703. The second-order valence-corrected chi connectivity index (χ2v) is 5.38. The van der Waals surface area contributed by atoms with Crippen LogP contribution in [-0.4, -0.2) is 12.5 Å². The van der Waals surface area contributed by atoms with E-state index in [0.717, 1.165) is 30.3 Å². The van der Waals surface area contributed by atoms with Crippen LogP contribution in [0.25, 0.3) is 0 Å². The molecule has 0 atom stereocenters. The molecule has 108 valence electrons. The molecule has 1 amide bonds. The van der Waals surface area contributed by atoms with Crippen LogP contribution in [-0.2, 0) is 13.0 Å². The largest absolute Gasteiger partial charge is 0.322 e. The number of carbonyl (C=O) groups excluding carboxylic acids is 1. The number of hydrogen-bond acceptors (Lipinski definition) is 2. The fourth-order valence-electron chi connectivity index (χ4n) is 2.49. The summed E-state index contributed by atoms with van der Waals surface area (Å²) in [6, 6.07) is 9.81. The normalized spacial score (nSPS) is 13.6. The van der Waals surface area contributed by atoms with Gasteiger partial charge < -0.3 is 10.6 Å². The van der Waals surface area contributed by atoms with Crippen molar-refractivity contribution in [3.05, 3.63) is 63.9 Å². The minimum atomic E-state index is -0.622. The molecule has 3 rings (SSSR count). The summed E-state index contributed by atoms with van der Waals surface area (Å²) in [6.07, 6.45) is 0.925. The summed E-state index contributed by atoms with van der Waals surface area (Å²) < 4.78 is 13.8. The number of amides is 1. The van der Waals surface area contributed by atoms with Gasteiger partial charge >= 0.3 is 0 Å². The minimum absolute atomic E-state index is 0.0132. The Balaban J connectivity index is 1.88. The van der Waals surface area contributed by atoms with Crippen molar-refractivity contribution in [2.45, 2.75) is 13.0 Å². The molecule has 2 aromatic carbocycles. The van der Waals surface area contributed by atoms with E-state index in [-0.39, 0.29) is 10.6 Å². The highest BCUT2D eigenvalue weighted by Gasteiger charge is 2.17. The van der Waals surface area contributed by atoms with E-state index in [1.165, 1.54) is 17.7 Å². The molecule has 1 heterocycles. The Morgan fingerprint density at radius 1 is 1.29 bits per heavy atom. The lowest BCUT2D eigenvalue weighted by Gasteiger charge is -2.20. The van der Waals surface area contributed by atoms with Crippen LogP contribution in [0.4, 0.5) is 10.1 Å². The number of benzene rings is 2. The SMILES string of the molecule is O=C(Nc1cccc2c1CNCC2)c1ccc(Cl)cc1F. The summed E-state index contributed by atoms with van der Waals surface area (Å²) in [5.74, 6) is -1.09. The summed E-state index contributed by atoms with van der Waals surface area (Å²) in [5, 5.41) is 6.32. The van der Waals surface area contributed by atoms with Gasteiger partial charge in [0.25, 0.3) is 5.91 Å². The quantitative estimate of drug-likeness (QED) is 0.893. The van der Waals surface area contributed by atoms with Crippen LogP contribution in [0, 0.1) is 5.82 Å². The van der Waals surface area contributed by atoms with E-state index in [1.54, 1.807) is 0 Å². The molecule has 21 heavy (non-hydrogen) atoms. The van der Waals surface area contributed by atoms with Gasteiger partial charge in [-0.15, -0.1) is 0 Å². The predicted octanol–water partition coefficient (Wildman–Crippen LogP) is 3.38. The maximum atomic E-state index is 13.8. The van der Waals surface area contributed by atoms with Crippen LogP contribution in [0.2, 0.25) is 5.02 Å². The number of rotatable bonds is 2. The fraction of sp³-hybridized carbons (Fsp3) is 0.188. The molecule has 0 fully saturated rings. The first kappa shape index (κ1) is 14.0. The summed E-state index contributed by atoms with van der Waals surface area (Å²) in [4.78, 5) is 12.2. The Kier molecular flexibility index (Phi) is 3.90. The predicted molar refractivity (Wildman–Crippen MR) is 81.2 cm³/mol. The molecule has 5 heteroatoms. The molecule has 2 aromatic rings. The molecular formula is C16H14ClFN2O. The Morgan fingerprint density at radius 2 is 2.14 bits per heavy atom. The van der Waals surface area contributed by atoms with Gasteiger partial charge in [0.1, 0.15) is 5.82 Å². The van der Waals surface area contributed by atoms with E-state index in [1.807, 2.05) is 12.1 Å². The minimum Gasteiger partial charge on any atom is -0.322 e. The van der Waals surface area contributed by atoms with E-state index >= 15 is 0 Å². The lowest BCUT2D eigenvalue weighted by Crippen LogP contribution is -2.25. The first-order valence-corrected chi connectivity index (χ1v) is 7.11. The van der Waals surface area contributed by atoms with Crippen LogP contribution in [0.15, 0.2) is 36.4 Å². The van der Waals surface area contributed by atoms with E-state index < -0.39 is 11.7 Å². The van der Waals surface area contributed by atoms with Crippen molar-refractivity contribution in [2.75, 3.05) is 11.9 Å². The van der Waals surface area contributed by atoms with E-state index in [4.69, 9.17) is 11.6 Å². The second-order valence-electron chi connectivity index (χ2n) is 4.95. The first-order chi connectivity index (χ1) is 10.1. The zero-order chi connectivity index (χ0) is 14.8. The summed E-state index contributed by atoms with van der Waals surface area (Å²) in [6.45, 7) is 1.63. The van der Waals surface area contributed by atoms with Gasteiger partial charge in [-0.1, -0.05) is 23.7 Å². The topological polar surface area (TPSA) is 41.1 Å². The molecule has 0 aromatic heterocycles. The van der Waals surface area contributed by atoms with Crippen LogP contribution >= 0.6 is 11.6 Å². The van der Waals surface area contributed by atoms with Gasteiger partial charge in [-0.05, 0) is 48.4 Å². The highest BCUT2D eigenvalue weighted by molar-refractivity contribution is 6.30. The molecule has 1 aliphatic rings. The monoisotopic (exact) mass is 304 g/mol. The number of halogens is 2. The van der Waals surface area contributed by atoms with Gasteiger partial charge in [0, 0.05) is 17.3 Å². The third-order valence-corrected chi connectivity index (χ3v) is 3.80. The third-order valence-electron chi connectivity index (χ3n) is 3.57. The molecule has 0 unspecified atom stereocenters. The highest BCUT2D eigenvalue weighted by Crippen LogP contribution is 2.24. The molecular weight excluding hydrogens is 291 g/mol. The van der Waals surface area contributed by atoms with Gasteiger partial charge in [-0.3, -0.25) is 4.79 Å². The van der Waals surface area contributed by atoms with Crippen LogP contribution < -0.4 is 10.6 Å². The molecule has 0 saturated carbocycles. The molecule has 0 bridgehead atoms. The lowest BCUT2D eigenvalue weighted by molar-refractivity contribution is 0.102. The smallest absolute Gasteiger partial charge is 0.258 e. The Labute approximate surface area is 127 Å². The molecule has 2 N–H and O–H groups in total. The highest BCUT2D eigenvalue weighted by atomic mass is 35.5. The molecule has 0 spiro atoms. The van der Waals surface area contributed by atoms with Crippen LogP contribution in [0.3, 0.4) is 0 Å². The summed E-state index contributed by atoms with van der Waals surface area (Å²) in [7, 11) is 0. The Hall–Kier alpha value is -1.91. The number of fused-ring (bicyclic) bond motifs is 1. The number of anilines is 1. The zero-order valence-electron chi connectivity index (χ0n) is 11.2. The van der Waals surface area contributed by atoms with Crippen LogP contribution in [0.5, 0.6) is 0 Å². The Morgan fingerprint density at radius 3 is 2.95 bits per heavy atom. The molecule has 3 nitrogen and oxygen atoms in total. The van der Waals surface area contributed by atoms with Crippen molar-refractivity contribution in [1.82, 2.24) is 5.32 Å². The second kappa shape index (κ2) is 5.84. The van der Waals surface area contributed by atoms with E-state index in [9.17, 15) is 9.18 Å². The van der Waals surface area contributed by atoms with Crippen molar-refractivity contribution in [1.29, 1.82) is 0 Å². The summed E-state index contributed by atoms with van der Waals surface area (Å²) in [5.41, 5.74) is 2.98. The van der Waals surface area contributed by atoms with Gasteiger partial charge in [0.05, 0.1) is 5.56 Å². The number of hydrogen-bond donors (Lipinski definition) is 2. The fourth-order valence-corrected chi connectivity index (χ4v) is 2.65. The van der Waals surface area contributed by atoms with Crippen molar-refractivity contribution in [2.24, 2.45) is 0 Å². The van der Waals surface area contributed by atoms with Gasteiger partial charge in [-0.25, -0.2) is 4.39 Å². The molecule has 0 saturated heterocycles. The zero-order valence-corrected chi connectivity index (χ0v) is 12.0. The average molecular weight is 305 g/mol. The van der Waals surface area contributed by atoms with Crippen LogP contribution in [0.1, 0.15) is 21.5 Å². The molecule has 0 aliphatic carbocycles. The van der Waals surface area contributed by atoms with Gasteiger partial charge in [-0.2, -0.15) is 0 Å². The summed E-state index contributed by atoms with van der Waals surface area (Å²) >= 11 is 5.70. The molecule has 0 radical (unpaired) electrons. The maximum absolute atomic E-state index is 13.8. The average Bonchev–Trinajstić information content (AvgIpc) is 2.47. The molecule has 1 aliphatic heterocycles. The van der Waals surface area contributed by atoms with Crippen molar-refractivity contribution in [3.63, 3.8) is 0 Å². The lowest BCUT2D eigenvalue weighted by atomic mass is 9.99. The number of carbonyl (C=O) groups is 1. The van der Waals surface area contributed by atoms with Crippen molar-refractivity contribution >= 4 is 23.2 Å². The number of nitrogens with one attached hydrogen (secondary N) is 2. The van der Waals surface area contributed by atoms with E-state index in [2.05, 4.69) is 16.7 Å². The van der Waals surface area contributed by atoms with E-state index in [0.29, 0.717) is 6.54 Å².